The third-order valence-corrected chi connectivity index (χ3v) is 5.27. The molecule has 25 heavy (non-hydrogen) atoms. The third-order valence-electron chi connectivity index (χ3n) is 4.01. The smallest absolute Gasteiger partial charge is 0.255 e. The Balaban J connectivity index is 1.62. The molecule has 0 aromatic heterocycles. The van der Waals surface area contributed by atoms with E-state index in [2.05, 4.69) is 5.32 Å². The molecule has 6 heteroatoms. The van der Waals surface area contributed by atoms with E-state index in [0.717, 1.165) is 30.8 Å². The fourth-order valence-corrected chi connectivity index (χ4v) is 3.56. The average molecular weight is 375 g/mol. The molecule has 1 N–H and O–H groups in total. The molecule has 3 rings (SSSR count). The van der Waals surface area contributed by atoms with Crippen molar-refractivity contribution in [3.63, 3.8) is 0 Å². The van der Waals surface area contributed by atoms with E-state index < -0.39 is 0 Å². The topological polar surface area (TPSA) is 49.4 Å². The number of halogens is 1. The fourth-order valence-electron chi connectivity index (χ4n) is 2.74. The van der Waals surface area contributed by atoms with E-state index in [4.69, 9.17) is 11.6 Å². The van der Waals surface area contributed by atoms with Gasteiger partial charge in [-0.1, -0.05) is 23.7 Å². The highest BCUT2D eigenvalue weighted by Gasteiger charge is 2.22. The maximum atomic E-state index is 12.6. The van der Waals surface area contributed by atoms with E-state index in [9.17, 15) is 9.59 Å². The number of hydrogen-bond donors (Lipinski definition) is 1. The lowest BCUT2D eigenvalue weighted by molar-refractivity contribution is -0.113. The standard InChI is InChI=1S/C19H19ClN2O2S/c20-14-7-9-15(10-8-14)25-13-18(23)21-17-6-2-1-5-16(17)19(24)22-11-3-4-12-22/h1-2,5-10H,3-4,11-13H2,(H,21,23). The third kappa shape index (κ3) is 4.77. The molecule has 0 bridgehead atoms. The molecule has 0 unspecified atom stereocenters. The first-order valence-electron chi connectivity index (χ1n) is 8.20. The van der Waals surface area contributed by atoms with E-state index in [1.807, 2.05) is 29.2 Å². The minimum atomic E-state index is -0.137. The summed E-state index contributed by atoms with van der Waals surface area (Å²) in [4.78, 5) is 27.7. The van der Waals surface area contributed by atoms with Gasteiger partial charge in [0.2, 0.25) is 5.91 Å². The summed E-state index contributed by atoms with van der Waals surface area (Å²) in [7, 11) is 0. The quantitative estimate of drug-likeness (QED) is 0.793. The minimum Gasteiger partial charge on any atom is -0.339 e. The van der Waals surface area contributed by atoms with Gasteiger partial charge in [-0.3, -0.25) is 9.59 Å². The number of carbonyl (C=O) groups excluding carboxylic acids is 2. The van der Waals surface area contributed by atoms with E-state index in [1.165, 1.54) is 11.8 Å². The Labute approximate surface area is 156 Å². The van der Waals surface area contributed by atoms with E-state index in [-0.39, 0.29) is 17.6 Å². The Bertz CT molecular complexity index is 758. The highest BCUT2D eigenvalue weighted by molar-refractivity contribution is 8.00. The van der Waals surface area contributed by atoms with Crippen LogP contribution in [-0.4, -0.2) is 35.6 Å². The first kappa shape index (κ1) is 17.8. The van der Waals surface area contributed by atoms with Crippen LogP contribution in [0.5, 0.6) is 0 Å². The molecule has 0 aliphatic carbocycles. The van der Waals surface area contributed by atoms with Crippen LogP contribution >= 0.6 is 23.4 Å². The summed E-state index contributed by atoms with van der Waals surface area (Å²) < 4.78 is 0. The molecule has 2 amide bonds. The second-order valence-electron chi connectivity index (χ2n) is 5.84. The van der Waals surface area contributed by atoms with Crippen molar-refractivity contribution in [3.8, 4) is 0 Å². The summed E-state index contributed by atoms with van der Waals surface area (Å²) in [6, 6.07) is 14.5. The van der Waals surface area contributed by atoms with Crippen molar-refractivity contribution >= 4 is 40.9 Å². The lowest BCUT2D eigenvalue weighted by Gasteiger charge is -2.18. The number of anilines is 1. The molecule has 0 atom stereocenters. The first-order chi connectivity index (χ1) is 12.1. The van der Waals surface area contributed by atoms with Crippen LogP contribution < -0.4 is 5.32 Å². The van der Waals surface area contributed by atoms with Gasteiger partial charge in [-0.05, 0) is 49.2 Å². The van der Waals surface area contributed by atoms with Gasteiger partial charge in [0, 0.05) is 23.0 Å². The maximum Gasteiger partial charge on any atom is 0.255 e. The van der Waals surface area contributed by atoms with Crippen molar-refractivity contribution < 1.29 is 9.59 Å². The van der Waals surface area contributed by atoms with Crippen molar-refractivity contribution in [3.05, 3.63) is 59.1 Å². The molecule has 4 nitrogen and oxygen atoms in total. The molecule has 2 aromatic carbocycles. The molecule has 130 valence electrons. The molecule has 1 heterocycles. The number of hydrogen-bond acceptors (Lipinski definition) is 3. The van der Waals surface area contributed by atoms with Gasteiger partial charge < -0.3 is 10.2 Å². The molecule has 1 aliphatic heterocycles. The van der Waals surface area contributed by atoms with Crippen molar-refractivity contribution in [2.45, 2.75) is 17.7 Å². The number of para-hydroxylation sites is 1. The van der Waals surface area contributed by atoms with Gasteiger partial charge in [0.25, 0.3) is 5.91 Å². The summed E-state index contributed by atoms with van der Waals surface area (Å²) in [5, 5.41) is 3.53. The van der Waals surface area contributed by atoms with Crippen molar-refractivity contribution in [1.29, 1.82) is 0 Å². The number of nitrogens with zero attached hydrogens (tertiary/aromatic N) is 1. The van der Waals surface area contributed by atoms with Crippen molar-refractivity contribution in [2.24, 2.45) is 0 Å². The molecule has 0 radical (unpaired) electrons. The first-order valence-corrected chi connectivity index (χ1v) is 9.56. The Hall–Kier alpha value is -1.98. The SMILES string of the molecule is O=C(CSc1ccc(Cl)cc1)Nc1ccccc1C(=O)N1CCCC1. The number of likely N-dealkylation sites (tertiary alicyclic amines) is 1. The van der Waals surface area contributed by atoms with Crippen LogP contribution in [0.25, 0.3) is 0 Å². The Morgan fingerprint density at radius 1 is 1.04 bits per heavy atom. The van der Waals surface area contributed by atoms with Gasteiger partial charge in [-0.15, -0.1) is 11.8 Å². The minimum absolute atomic E-state index is 0.0150. The number of rotatable bonds is 5. The summed E-state index contributed by atoms with van der Waals surface area (Å²) in [5.41, 5.74) is 1.12. The predicted molar refractivity (Wildman–Crippen MR) is 102 cm³/mol. The van der Waals surface area contributed by atoms with Crippen molar-refractivity contribution in [1.82, 2.24) is 4.90 Å². The van der Waals surface area contributed by atoms with Crippen LogP contribution in [0.15, 0.2) is 53.4 Å². The molecule has 1 saturated heterocycles. The van der Waals surface area contributed by atoms with Gasteiger partial charge in [0.15, 0.2) is 0 Å². The molecule has 0 saturated carbocycles. The molecular formula is C19H19ClN2O2S. The van der Waals surface area contributed by atoms with Crippen LogP contribution in [0.1, 0.15) is 23.2 Å². The van der Waals surface area contributed by atoms with Crippen LogP contribution in [0, 0.1) is 0 Å². The number of carbonyl (C=O) groups is 2. The van der Waals surface area contributed by atoms with Gasteiger partial charge in [-0.2, -0.15) is 0 Å². The Morgan fingerprint density at radius 2 is 1.72 bits per heavy atom. The van der Waals surface area contributed by atoms with Crippen LogP contribution in [0.3, 0.4) is 0 Å². The highest BCUT2D eigenvalue weighted by Crippen LogP contribution is 2.23. The van der Waals surface area contributed by atoms with Gasteiger partial charge in [0.1, 0.15) is 0 Å². The Morgan fingerprint density at radius 3 is 2.44 bits per heavy atom. The lowest BCUT2D eigenvalue weighted by Crippen LogP contribution is -2.29. The summed E-state index contributed by atoms with van der Waals surface area (Å²) in [6.07, 6.45) is 2.08. The second kappa shape index (κ2) is 8.41. The lowest BCUT2D eigenvalue weighted by atomic mass is 10.1. The number of thioether (sulfide) groups is 1. The number of benzene rings is 2. The fraction of sp³-hybridized carbons (Fsp3) is 0.263. The van der Waals surface area contributed by atoms with E-state index >= 15 is 0 Å². The summed E-state index contributed by atoms with van der Waals surface area (Å²) >= 11 is 7.29. The largest absolute Gasteiger partial charge is 0.339 e. The zero-order chi connectivity index (χ0) is 17.6. The summed E-state index contributed by atoms with van der Waals surface area (Å²) in [5.74, 6) is 0.119. The van der Waals surface area contributed by atoms with Crippen LogP contribution in [0.4, 0.5) is 5.69 Å². The maximum absolute atomic E-state index is 12.6. The molecule has 1 aliphatic rings. The summed E-state index contributed by atoms with van der Waals surface area (Å²) in [6.45, 7) is 1.57. The highest BCUT2D eigenvalue weighted by atomic mass is 35.5. The number of nitrogens with one attached hydrogen (secondary N) is 1. The van der Waals surface area contributed by atoms with Gasteiger partial charge in [0.05, 0.1) is 17.0 Å². The van der Waals surface area contributed by atoms with Gasteiger partial charge in [-0.25, -0.2) is 0 Å². The van der Waals surface area contributed by atoms with Crippen LogP contribution in [-0.2, 0) is 4.79 Å². The van der Waals surface area contributed by atoms with Crippen molar-refractivity contribution in [2.75, 3.05) is 24.2 Å². The zero-order valence-corrected chi connectivity index (χ0v) is 15.3. The predicted octanol–water partition coefficient (Wildman–Crippen LogP) is 4.31. The molecule has 0 spiro atoms. The average Bonchev–Trinajstić information content (AvgIpc) is 3.16. The number of amides is 2. The van der Waals surface area contributed by atoms with Gasteiger partial charge >= 0.3 is 0 Å². The molecule has 2 aromatic rings. The second-order valence-corrected chi connectivity index (χ2v) is 7.32. The monoisotopic (exact) mass is 374 g/mol. The molecular weight excluding hydrogens is 356 g/mol. The Kier molecular flexibility index (Phi) is 6.00. The normalized spacial score (nSPS) is 13.7. The zero-order valence-electron chi connectivity index (χ0n) is 13.7. The molecule has 1 fully saturated rings. The van der Waals surface area contributed by atoms with E-state index in [1.54, 1.807) is 24.3 Å². The van der Waals surface area contributed by atoms with Crippen LogP contribution in [0.2, 0.25) is 5.02 Å². The van der Waals surface area contributed by atoms with E-state index in [0.29, 0.717) is 16.3 Å².